The van der Waals surface area contributed by atoms with Gasteiger partial charge in [0.15, 0.2) is 0 Å². The Morgan fingerprint density at radius 1 is 1.32 bits per heavy atom. The number of benzene rings is 1. The first-order chi connectivity index (χ1) is 11.8. The van der Waals surface area contributed by atoms with Crippen molar-refractivity contribution in [3.8, 4) is 0 Å². The van der Waals surface area contributed by atoms with E-state index < -0.39 is 22.0 Å². The number of hydrogen-bond donors (Lipinski definition) is 0. The van der Waals surface area contributed by atoms with Crippen LogP contribution in [0.4, 0.5) is 0 Å². The monoisotopic (exact) mass is 364 g/mol. The van der Waals surface area contributed by atoms with Crippen LogP contribution in [0.15, 0.2) is 23.1 Å². The highest BCUT2D eigenvalue weighted by Crippen LogP contribution is 2.34. The predicted octanol–water partition coefficient (Wildman–Crippen LogP) is 2.50. The second kappa shape index (κ2) is 6.44. The van der Waals surface area contributed by atoms with Gasteiger partial charge in [-0.15, -0.1) is 0 Å². The summed E-state index contributed by atoms with van der Waals surface area (Å²) in [6.07, 6.45) is 3.13. The Hall–Kier alpha value is -1.89. The van der Waals surface area contributed by atoms with Crippen LogP contribution in [0.2, 0.25) is 0 Å². The minimum atomic E-state index is -3.89. The average molecular weight is 364 g/mol. The smallest absolute Gasteiger partial charge is 0.269 e. The first kappa shape index (κ1) is 17.9. The molecule has 2 amide bonds. The molecular weight excluding hydrogens is 340 g/mol. The predicted molar refractivity (Wildman–Crippen MR) is 93.9 cm³/mol. The highest BCUT2D eigenvalue weighted by molar-refractivity contribution is 7.90. The first-order valence-electron chi connectivity index (χ1n) is 8.79. The molecule has 0 spiro atoms. The van der Waals surface area contributed by atoms with Gasteiger partial charge in [-0.3, -0.25) is 9.59 Å². The molecule has 1 aliphatic carbocycles. The first-order valence-corrected chi connectivity index (χ1v) is 10.2. The molecule has 1 aliphatic heterocycles. The molecular formula is C18H24N2O4S. The number of rotatable bonds is 6. The molecule has 136 valence electrons. The van der Waals surface area contributed by atoms with Crippen molar-refractivity contribution >= 4 is 21.8 Å². The summed E-state index contributed by atoms with van der Waals surface area (Å²) in [7, 11) is -3.89. The lowest BCUT2D eigenvalue weighted by molar-refractivity contribution is 0.0746. The third kappa shape index (κ3) is 3.17. The fourth-order valence-electron chi connectivity index (χ4n) is 3.23. The quantitative estimate of drug-likeness (QED) is 0.777. The Bertz CT molecular complexity index is 812. The summed E-state index contributed by atoms with van der Waals surface area (Å²) in [5.74, 6) is -0.124. The van der Waals surface area contributed by atoms with Crippen LogP contribution in [-0.4, -0.2) is 48.6 Å². The van der Waals surface area contributed by atoms with Crippen LogP contribution in [0.25, 0.3) is 0 Å². The fourth-order valence-corrected chi connectivity index (χ4v) is 5.02. The van der Waals surface area contributed by atoms with Gasteiger partial charge in [-0.05, 0) is 57.2 Å². The van der Waals surface area contributed by atoms with Crippen molar-refractivity contribution in [2.75, 3.05) is 13.1 Å². The molecule has 1 heterocycles. The largest absolute Gasteiger partial charge is 0.338 e. The van der Waals surface area contributed by atoms with E-state index in [0.29, 0.717) is 24.6 Å². The van der Waals surface area contributed by atoms with Crippen LogP contribution in [-0.2, 0) is 10.0 Å². The normalized spacial score (nSPS) is 18.6. The van der Waals surface area contributed by atoms with Gasteiger partial charge in [-0.1, -0.05) is 6.92 Å². The van der Waals surface area contributed by atoms with Gasteiger partial charge in [-0.25, -0.2) is 12.7 Å². The van der Waals surface area contributed by atoms with Crippen LogP contribution < -0.4 is 0 Å². The summed E-state index contributed by atoms with van der Waals surface area (Å²) in [5.41, 5.74) is 0.476. The molecule has 1 saturated carbocycles. The molecule has 0 N–H and O–H groups in total. The van der Waals surface area contributed by atoms with E-state index in [4.69, 9.17) is 0 Å². The van der Waals surface area contributed by atoms with Crippen molar-refractivity contribution in [3.05, 3.63) is 29.3 Å². The molecule has 0 atom stereocenters. The number of fused-ring (bicyclic) bond motifs is 1. The standard InChI is InChI=1S/C18H24N2O4S/c1-4-9-19(11-13-5-6-13)17(21)14-7-8-15-16(10-14)25(23,24)20(12(2)3)18(15)22/h7-8,10,12-13H,4-6,9,11H2,1-3H3. The summed E-state index contributed by atoms with van der Waals surface area (Å²) >= 11 is 0. The highest BCUT2D eigenvalue weighted by atomic mass is 32.2. The van der Waals surface area contributed by atoms with Gasteiger partial charge >= 0.3 is 0 Å². The topological polar surface area (TPSA) is 74.8 Å². The van der Waals surface area contributed by atoms with Gasteiger partial charge in [-0.2, -0.15) is 0 Å². The van der Waals surface area contributed by atoms with E-state index in [2.05, 4.69) is 0 Å². The summed E-state index contributed by atoms with van der Waals surface area (Å²) < 4.78 is 26.2. The number of sulfonamides is 1. The molecule has 0 unspecified atom stereocenters. The van der Waals surface area contributed by atoms with E-state index in [0.717, 1.165) is 23.6 Å². The molecule has 6 nitrogen and oxygen atoms in total. The maximum atomic E-state index is 12.8. The van der Waals surface area contributed by atoms with Crippen LogP contribution in [0.5, 0.6) is 0 Å². The van der Waals surface area contributed by atoms with Crippen molar-refractivity contribution in [2.24, 2.45) is 5.92 Å². The van der Waals surface area contributed by atoms with Crippen LogP contribution >= 0.6 is 0 Å². The zero-order valence-corrected chi connectivity index (χ0v) is 15.7. The molecule has 25 heavy (non-hydrogen) atoms. The van der Waals surface area contributed by atoms with Gasteiger partial charge in [0.05, 0.1) is 5.56 Å². The Kier molecular flexibility index (Phi) is 4.62. The number of carbonyl (C=O) groups excluding carboxylic acids is 2. The zero-order chi connectivity index (χ0) is 18.4. The third-order valence-electron chi connectivity index (χ3n) is 4.62. The van der Waals surface area contributed by atoms with Gasteiger partial charge in [0.1, 0.15) is 4.90 Å². The van der Waals surface area contributed by atoms with E-state index in [1.807, 2.05) is 6.92 Å². The Morgan fingerprint density at radius 3 is 2.56 bits per heavy atom. The fraction of sp³-hybridized carbons (Fsp3) is 0.556. The number of amides is 2. The van der Waals surface area contributed by atoms with Gasteiger partial charge in [0.25, 0.3) is 21.8 Å². The molecule has 2 aliphatic rings. The lowest BCUT2D eigenvalue weighted by Gasteiger charge is -2.22. The van der Waals surface area contributed by atoms with Crippen molar-refractivity contribution in [1.29, 1.82) is 0 Å². The van der Waals surface area contributed by atoms with Crippen molar-refractivity contribution in [3.63, 3.8) is 0 Å². The van der Waals surface area contributed by atoms with Gasteiger partial charge in [0, 0.05) is 24.7 Å². The molecule has 1 aromatic carbocycles. The third-order valence-corrected chi connectivity index (χ3v) is 6.62. The number of hydrogen-bond acceptors (Lipinski definition) is 4. The minimum Gasteiger partial charge on any atom is -0.338 e. The molecule has 3 rings (SSSR count). The molecule has 1 aromatic rings. The van der Waals surface area contributed by atoms with E-state index in [-0.39, 0.29) is 16.4 Å². The Labute approximate surface area is 148 Å². The summed E-state index contributed by atoms with van der Waals surface area (Å²) in [5, 5.41) is 0. The van der Waals surface area contributed by atoms with Gasteiger partial charge in [0.2, 0.25) is 0 Å². The van der Waals surface area contributed by atoms with E-state index in [1.54, 1.807) is 24.8 Å². The summed E-state index contributed by atoms with van der Waals surface area (Å²) in [6.45, 7) is 6.70. The molecule has 0 bridgehead atoms. The highest BCUT2D eigenvalue weighted by Gasteiger charge is 2.43. The summed E-state index contributed by atoms with van der Waals surface area (Å²) in [6, 6.07) is 3.93. The van der Waals surface area contributed by atoms with Crippen molar-refractivity contribution < 1.29 is 18.0 Å². The van der Waals surface area contributed by atoms with E-state index >= 15 is 0 Å². The van der Waals surface area contributed by atoms with Crippen LogP contribution in [0.3, 0.4) is 0 Å². The maximum Gasteiger partial charge on any atom is 0.269 e. The summed E-state index contributed by atoms with van der Waals surface area (Å²) in [4.78, 5) is 27.0. The lowest BCUT2D eigenvalue weighted by atomic mass is 10.1. The molecule has 0 aromatic heterocycles. The van der Waals surface area contributed by atoms with Crippen molar-refractivity contribution in [1.82, 2.24) is 9.21 Å². The number of carbonyl (C=O) groups is 2. The average Bonchev–Trinajstić information content (AvgIpc) is 3.33. The Morgan fingerprint density at radius 2 is 2.00 bits per heavy atom. The molecule has 7 heteroatoms. The number of nitrogens with zero attached hydrogens (tertiary/aromatic N) is 2. The van der Waals surface area contributed by atoms with E-state index in [1.165, 1.54) is 12.1 Å². The lowest BCUT2D eigenvalue weighted by Crippen LogP contribution is -2.36. The SMILES string of the molecule is CCCN(CC1CC1)C(=O)c1ccc2c(c1)S(=O)(=O)N(C(C)C)C2=O. The second-order valence-electron chi connectivity index (χ2n) is 7.11. The molecule has 0 saturated heterocycles. The van der Waals surface area contributed by atoms with E-state index in [9.17, 15) is 18.0 Å². The molecule has 1 fully saturated rings. The van der Waals surface area contributed by atoms with Crippen molar-refractivity contribution in [2.45, 2.75) is 51.0 Å². The zero-order valence-electron chi connectivity index (χ0n) is 14.9. The Balaban J connectivity index is 1.95. The maximum absolute atomic E-state index is 12.8. The molecule has 0 radical (unpaired) electrons. The van der Waals surface area contributed by atoms with Gasteiger partial charge < -0.3 is 4.90 Å². The van der Waals surface area contributed by atoms with Crippen LogP contribution in [0.1, 0.15) is 60.7 Å². The minimum absolute atomic E-state index is 0.0556. The second-order valence-corrected chi connectivity index (χ2v) is 8.89. The van der Waals surface area contributed by atoms with Crippen LogP contribution in [0, 0.1) is 5.92 Å².